The topological polar surface area (TPSA) is 150 Å². The van der Waals surface area contributed by atoms with Gasteiger partial charge in [-0.15, -0.1) is 5.73 Å². The smallest absolute Gasteiger partial charge is 0.336 e. The molecule has 0 aromatic heterocycles. The average molecular weight is 545 g/mol. The third-order valence-electron chi connectivity index (χ3n) is 5.98. The number of hydrogen-bond acceptors (Lipinski definition) is 6. The number of aromatic carboxylic acids is 2. The number of nitrogens with one attached hydrogen (secondary N) is 1. The first-order valence-electron chi connectivity index (χ1n) is 11.6. The van der Waals surface area contributed by atoms with Crippen LogP contribution < -0.4 is 0 Å². The van der Waals surface area contributed by atoms with E-state index in [1.807, 2.05) is 0 Å². The van der Waals surface area contributed by atoms with E-state index in [2.05, 4.69) is 5.73 Å². The Hall–Kier alpha value is -5.34. The summed E-state index contributed by atoms with van der Waals surface area (Å²) in [5, 5.41) is 27.7. The number of carboxylic acids is 2. The third-order valence-corrected chi connectivity index (χ3v) is 5.98. The molecule has 0 aliphatic heterocycles. The van der Waals surface area contributed by atoms with Crippen LogP contribution in [0, 0.1) is 23.0 Å². The molecule has 3 N–H and O–H groups in total. The zero-order valence-electron chi connectivity index (χ0n) is 21.1. The van der Waals surface area contributed by atoms with Gasteiger partial charge >= 0.3 is 11.9 Å². The van der Waals surface area contributed by atoms with E-state index in [0.29, 0.717) is 0 Å². The first-order chi connectivity index (χ1) is 18.8. The predicted octanol–water partition coefficient (Wildman–Crippen LogP) is 5.40. The second-order valence-electron chi connectivity index (χ2n) is 8.71. The Morgan fingerprint density at radius 1 is 0.800 bits per heavy atom. The van der Waals surface area contributed by atoms with Gasteiger partial charge in [-0.25, -0.2) is 18.4 Å². The molecule has 1 atom stereocenters. The molecular formula is C30H21F2NO7. The molecule has 0 amide bonds. The molecular weight excluding hydrogens is 524 g/mol. The number of ketones is 3. The molecule has 0 aliphatic carbocycles. The summed E-state index contributed by atoms with van der Waals surface area (Å²) < 4.78 is 27.1. The molecule has 3 aromatic rings. The quantitative estimate of drug-likeness (QED) is 0.134. The zero-order chi connectivity index (χ0) is 29.7. The lowest BCUT2D eigenvalue weighted by Gasteiger charge is -2.12. The van der Waals surface area contributed by atoms with E-state index in [4.69, 9.17) is 5.41 Å². The van der Waals surface area contributed by atoms with Gasteiger partial charge in [-0.2, -0.15) is 0 Å². The molecule has 3 aromatic carbocycles. The van der Waals surface area contributed by atoms with Gasteiger partial charge in [0, 0.05) is 28.7 Å². The summed E-state index contributed by atoms with van der Waals surface area (Å²) in [5.41, 5.74) is -0.0195. The second-order valence-corrected chi connectivity index (χ2v) is 8.71. The fourth-order valence-electron chi connectivity index (χ4n) is 3.59. The van der Waals surface area contributed by atoms with E-state index in [0.717, 1.165) is 48.5 Å². The Balaban J connectivity index is 2.03. The summed E-state index contributed by atoms with van der Waals surface area (Å²) in [7, 11) is 0. The Morgan fingerprint density at radius 2 is 1.40 bits per heavy atom. The van der Waals surface area contributed by atoms with Crippen LogP contribution in [-0.4, -0.2) is 45.2 Å². The maximum absolute atomic E-state index is 13.8. The summed E-state index contributed by atoms with van der Waals surface area (Å²) in [6.45, 7) is 2.98. The van der Waals surface area contributed by atoms with Gasteiger partial charge in [0.15, 0.2) is 17.4 Å². The first-order valence-corrected chi connectivity index (χ1v) is 11.6. The van der Waals surface area contributed by atoms with Gasteiger partial charge < -0.3 is 10.2 Å². The van der Waals surface area contributed by atoms with E-state index in [-0.39, 0.29) is 28.0 Å². The van der Waals surface area contributed by atoms with Gasteiger partial charge in [-0.3, -0.25) is 19.8 Å². The normalized spacial score (nSPS) is 11.1. The van der Waals surface area contributed by atoms with Crippen molar-refractivity contribution < 1.29 is 43.0 Å². The average Bonchev–Trinajstić information content (AvgIpc) is 2.92. The number of benzene rings is 3. The van der Waals surface area contributed by atoms with Crippen LogP contribution in [0.25, 0.3) is 11.1 Å². The fraction of sp³-hybridized carbons (Fsp3) is 0.100. The van der Waals surface area contributed by atoms with Crippen LogP contribution in [0.4, 0.5) is 8.78 Å². The van der Waals surface area contributed by atoms with Crippen molar-refractivity contribution in [1.82, 2.24) is 0 Å². The molecule has 40 heavy (non-hydrogen) atoms. The van der Waals surface area contributed by atoms with E-state index in [1.54, 1.807) is 6.92 Å². The Kier molecular flexibility index (Phi) is 8.78. The molecule has 0 heterocycles. The van der Waals surface area contributed by atoms with E-state index in [9.17, 15) is 43.0 Å². The van der Waals surface area contributed by atoms with Crippen LogP contribution >= 0.6 is 0 Å². The van der Waals surface area contributed by atoms with Gasteiger partial charge in [0.2, 0.25) is 5.78 Å². The number of Topliss-reactive ketones (excluding diaryl/α,β-unsaturated/α-hetero) is 2. The zero-order valence-corrected chi connectivity index (χ0v) is 21.1. The lowest BCUT2D eigenvalue weighted by Crippen LogP contribution is -2.21. The van der Waals surface area contributed by atoms with Crippen molar-refractivity contribution in [3.8, 4) is 11.1 Å². The highest BCUT2D eigenvalue weighted by atomic mass is 19.2. The number of allylic oxidation sites excluding steroid dienone is 1. The summed E-state index contributed by atoms with van der Waals surface area (Å²) in [6.07, 6.45) is 2.37. The van der Waals surface area contributed by atoms with Crippen molar-refractivity contribution in [2.24, 2.45) is 5.92 Å². The molecule has 0 radical (unpaired) electrons. The van der Waals surface area contributed by atoms with Crippen molar-refractivity contribution in [1.29, 1.82) is 5.41 Å². The van der Waals surface area contributed by atoms with Gasteiger partial charge in [-0.05, 0) is 60.5 Å². The molecule has 0 bridgehead atoms. The van der Waals surface area contributed by atoms with Crippen LogP contribution in [-0.2, 0) is 4.79 Å². The first kappa shape index (κ1) is 29.2. The largest absolute Gasteiger partial charge is 0.478 e. The minimum Gasteiger partial charge on any atom is -0.478 e. The number of carbonyl (C=O) groups excluding carboxylic acids is 3. The molecule has 0 spiro atoms. The summed E-state index contributed by atoms with van der Waals surface area (Å²) >= 11 is 0. The molecule has 3 rings (SSSR count). The molecule has 0 saturated heterocycles. The van der Waals surface area contributed by atoms with Crippen LogP contribution in [0.3, 0.4) is 0 Å². The SMILES string of the molecule is CC(=O)C(C)C=C=CC(=O)c1ccc(C(=O)C(=N)c2cc(-c3ccc(F)c(F)c3)ccc2C(=O)O)c(C(=O)O)c1. The number of carbonyl (C=O) groups is 5. The van der Waals surface area contributed by atoms with Crippen LogP contribution in [0.1, 0.15) is 60.8 Å². The van der Waals surface area contributed by atoms with E-state index in [1.165, 1.54) is 25.1 Å². The number of carboxylic acid groups (broad SMARTS) is 2. The highest BCUT2D eigenvalue weighted by molar-refractivity contribution is 6.52. The van der Waals surface area contributed by atoms with E-state index >= 15 is 0 Å². The van der Waals surface area contributed by atoms with Gasteiger partial charge in [0.1, 0.15) is 11.5 Å². The molecule has 0 aliphatic rings. The lowest BCUT2D eigenvalue weighted by atomic mass is 9.90. The lowest BCUT2D eigenvalue weighted by molar-refractivity contribution is -0.118. The highest BCUT2D eigenvalue weighted by Crippen LogP contribution is 2.26. The maximum Gasteiger partial charge on any atom is 0.336 e. The number of halogens is 2. The van der Waals surface area contributed by atoms with Gasteiger partial charge in [0.25, 0.3) is 0 Å². The molecule has 10 heteroatoms. The molecule has 8 nitrogen and oxygen atoms in total. The molecule has 202 valence electrons. The van der Waals surface area contributed by atoms with Crippen LogP contribution in [0.15, 0.2) is 72.5 Å². The van der Waals surface area contributed by atoms with Crippen molar-refractivity contribution >= 4 is 35.0 Å². The summed E-state index contributed by atoms with van der Waals surface area (Å²) in [4.78, 5) is 60.8. The minimum absolute atomic E-state index is 0.108. The minimum atomic E-state index is -1.58. The Morgan fingerprint density at radius 3 is 2.00 bits per heavy atom. The maximum atomic E-state index is 13.8. The van der Waals surface area contributed by atoms with Gasteiger partial charge in [0.05, 0.1) is 11.1 Å². The van der Waals surface area contributed by atoms with Crippen LogP contribution in [0.2, 0.25) is 0 Å². The Bertz CT molecular complexity index is 1670. The number of hydrogen-bond donors (Lipinski definition) is 3. The van der Waals surface area contributed by atoms with E-state index < -0.39 is 63.5 Å². The highest BCUT2D eigenvalue weighted by Gasteiger charge is 2.26. The van der Waals surface area contributed by atoms with Crippen molar-refractivity contribution in [3.63, 3.8) is 0 Å². The molecule has 0 fully saturated rings. The summed E-state index contributed by atoms with van der Waals surface area (Å²) in [6, 6.07) is 9.60. The fourth-order valence-corrected chi connectivity index (χ4v) is 3.59. The van der Waals surface area contributed by atoms with Crippen molar-refractivity contribution in [3.05, 3.63) is 112 Å². The van der Waals surface area contributed by atoms with Crippen molar-refractivity contribution in [2.45, 2.75) is 13.8 Å². The Labute approximate surface area is 226 Å². The third kappa shape index (κ3) is 6.38. The number of rotatable bonds is 10. The van der Waals surface area contributed by atoms with Crippen LogP contribution in [0.5, 0.6) is 0 Å². The summed E-state index contributed by atoms with van der Waals surface area (Å²) in [5.74, 6) is -7.76. The monoisotopic (exact) mass is 545 g/mol. The molecule has 0 saturated carbocycles. The van der Waals surface area contributed by atoms with Gasteiger partial charge in [-0.1, -0.05) is 25.1 Å². The van der Waals surface area contributed by atoms with Crippen molar-refractivity contribution in [2.75, 3.05) is 0 Å². The standard InChI is InChI=1S/C30H21F2NO7/c1-15(16(2)34)4-3-5-26(35)19-7-9-20(23(13-19)30(39)40)28(36)27(33)22-12-17(6-10-21(22)29(37)38)18-8-11-24(31)25(32)14-18/h4-15,33H,1-2H3,(H,37,38)(H,39,40). The predicted molar refractivity (Wildman–Crippen MR) is 140 cm³/mol. The second kappa shape index (κ2) is 12.0. The molecule has 1 unspecified atom stereocenters.